The zero-order chi connectivity index (χ0) is 37.8. The van der Waals surface area contributed by atoms with Crippen molar-refractivity contribution in [3.63, 3.8) is 0 Å². The molecule has 6 aliphatic carbocycles. The third kappa shape index (κ3) is 9.92. The van der Waals surface area contributed by atoms with Crippen LogP contribution in [0, 0.1) is 29.6 Å². The van der Waals surface area contributed by atoms with Gasteiger partial charge in [-0.25, -0.2) is 18.7 Å². The van der Waals surface area contributed by atoms with Crippen molar-refractivity contribution in [2.24, 2.45) is 29.6 Å². The van der Waals surface area contributed by atoms with Gasteiger partial charge in [0.25, 0.3) is 12.3 Å². The molecule has 0 atom stereocenters. The lowest BCUT2D eigenvalue weighted by Gasteiger charge is -2.56. The number of nitrogens with zero attached hydrogens (tertiary/aromatic N) is 5. The summed E-state index contributed by atoms with van der Waals surface area (Å²) in [5.41, 5.74) is 0.326. The lowest BCUT2D eigenvalue weighted by atomic mass is 9.54. The number of pyridine rings is 1. The first-order chi connectivity index (χ1) is 26.8. The Morgan fingerprint density at radius 2 is 1.67 bits per heavy atom. The Hall–Kier alpha value is -3.46. The fourth-order valence-corrected chi connectivity index (χ4v) is 9.97. The van der Waals surface area contributed by atoms with E-state index in [-0.39, 0.29) is 28.9 Å². The molecule has 2 N–H and O–H groups in total. The fraction of sp³-hybridized carbons (Fsp3) is 0.707. The van der Waals surface area contributed by atoms with Gasteiger partial charge in [0, 0.05) is 37.6 Å². The van der Waals surface area contributed by atoms with E-state index in [0.29, 0.717) is 56.3 Å². The van der Waals surface area contributed by atoms with E-state index < -0.39 is 18.0 Å². The third-order valence-corrected chi connectivity index (χ3v) is 12.6. The number of oxazole rings is 1. The highest BCUT2D eigenvalue weighted by Gasteiger charge is 2.51. The van der Waals surface area contributed by atoms with Crippen LogP contribution in [0.25, 0.3) is 11.5 Å². The van der Waals surface area contributed by atoms with Gasteiger partial charge in [-0.2, -0.15) is 5.10 Å². The maximum atomic E-state index is 14.1. The van der Waals surface area contributed by atoms with Crippen molar-refractivity contribution in [1.82, 2.24) is 24.6 Å². The normalized spacial score (nSPS) is 27.3. The number of carbonyl (C=O) groups excluding carboxylic acids is 1. The molecule has 0 unspecified atom stereocenters. The number of hydrogen-bond acceptors (Lipinski definition) is 10. The maximum absolute atomic E-state index is 14.1. The van der Waals surface area contributed by atoms with E-state index in [1.807, 2.05) is 6.07 Å². The number of likely N-dealkylation sites (N-methyl/N-ethyl adjacent to an activating group) is 1. The van der Waals surface area contributed by atoms with Gasteiger partial charge in [-0.1, -0.05) is 0 Å². The average Bonchev–Trinajstić information content (AvgIpc) is 3.68. The van der Waals surface area contributed by atoms with Crippen LogP contribution >= 0.6 is 0 Å². The molecule has 9 rings (SSSR count). The van der Waals surface area contributed by atoms with Crippen molar-refractivity contribution in [3.05, 3.63) is 42.2 Å². The number of anilines is 2. The maximum Gasteiger partial charge on any atom is 0.284 e. The first-order valence-corrected chi connectivity index (χ1v) is 20.6. The van der Waals surface area contributed by atoms with Crippen molar-refractivity contribution in [2.45, 2.75) is 95.1 Å². The van der Waals surface area contributed by atoms with Crippen molar-refractivity contribution >= 4 is 17.4 Å². The number of aromatic nitrogens is 4. The molecular formula is C41H57F2N7O5. The van der Waals surface area contributed by atoms with E-state index in [1.54, 1.807) is 16.9 Å². The monoisotopic (exact) mass is 765 g/mol. The smallest absolute Gasteiger partial charge is 0.284 e. The summed E-state index contributed by atoms with van der Waals surface area (Å²) in [5, 5.41) is 10.1. The van der Waals surface area contributed by atoms with Gasteiger partial charge < -0.3 is 34.2 Å². The number of halogens is 2. The summed E-state index contributed by atoms with van der Waals surface area (Å²) in [6.07, 6.45) is 15.7. The number of ether oxygens (including phenoxy) is 3. The van der Waals surface area contributed by atoms with Crippen LogP contribution in [0.2, 0.25) is 0 Å². The first kappa shape index (κ1) is 38.4. The Kier molecular flexibility index (Phi) is 12.1. The minimum Gasteiger partial charge on any atom is -0.444 e. The number of rotatable bonds is 20. The SMILES string of the molecule is CN(CCOCCOCCOC12CC3CC(CC(C3)C1)C2)C[C@H]1CC[C@H](n2cc(NC(=O)c3coc(-c4ccnc(NCC5CC5)c4)n3)c(C(F)F)n2)CC1. The number of hydrogen-bond donors (Lipinski definition) is 2. The molecule has 0 saturated heterocycles. The summed E-state index contributed by atoms with van der Waals surface area (Å²) in [6.45, 7) is 5.76. The molecule has 12 nitrogen and oxygen atoms in total. The second kappa shape index (κ2) is 17.4. The lowest BCUT2D eigenvalue weighted by Crippen LogP contribution is -2.52. The molecule has 0 spiro atoms. The fourth-order valence-electron chi connectivity index (χ4n) is 9.97. The van der Waals surface area contributed by atoms with Gasteiger partial charge in [-0.15, -0.1) is 0 Å². The molecule has 55 heavy (non-hydrogen) atoms. The Balaban J connectivity index is 0.720. The van der Waals surface area contributed by atoms with Gasteiger partial charge in [-0.05, 0) is 126 Å². The van der Waals surface area contributed by atoms with Crippen molar-refractivity contribution < 1.29 is 32.2 Å². The van der Waals surface area contributed by atoms with Gasteiger partial charge in [0.05, 0.1) is 50.4 Å². The van der Waals surface area contributed by atoms with Gasteiger partial charge in [0.1, 0.15) is 12.1 Å². The Bertz CT molecular complexity index is 1690. The predicted octanol–water partition coefficient (Wildman–Crippen LogP) is 7.63. The summed E-state index contributed by atoms with van der Waals surface area (Å²) in [6, 6.07) is 3.54. The average molecular weight is 766 g/mol. The molecule has 6 fully saturated rings. The molecule has 6 aliphatic rings. The number of carbonyl (C=O) groups is 1. The van der Waals surface area contributed by atoms with E-state index in [4.69, 9.17) is 18.6 Å². The van der Waals surface area contributed by atoms with Gasteiger partial charge >= 0.3 is 0 Å². The van der Waals surface area contributed by atoms with Crippen LogP contribution in [0.3, 0.4) is 0 Å². The Labute approximate surface area is 322 Å². The summed E-state index contributed by atoms with van der Waals surface area (Å²) in [5.74, 6) is 4.18. The van der Waals surface area contributed by atoms with Gasteiger partial charge in [0.15, 0.2) is 11.4 Å². The van der Waals surface area contributed by atoms with E-state index in [9.17, 15) is 13.6 Å². The highest BCUT2D eigenvalue weighted by Crippen LogP contribution is 2.57. The summed E-state index contributed by atoms with van der Waals surface area (Å²) in [7, 11) is 2.12. The standard InChI is InChI=1S/C41H57F2N7O5/c1-49(10-11-52-12-13-53-14-15-55-41-20-29-16-30(21-41)18-31(17-29)22-41)24-28-4-6-33(7-5-28)50-25-34(37(48-50)38(42)43)46-39(51)35-26-54-40(47-35)32-8-9-44-36(19-32)45-23-27-2-3-27/h8-9,19,25-31,33,38H,2-7,10-18,20-24H2,1H3,(H,44,45)(H,46,51)/t28-,29?,30?,31?,33-,41?. The zero-order valence-electron chi connectivity index (χ0n) is 32.1. The van der Waals surface area contributed by atoms with Crippen LogP contribution in [-0.4, -0.2) is 95.9 Å². The largest absolute Gasteiger partial charge is 0.444 e. The molecule has 1 amide bonds. The molecular weight excluding hydrogens is 708 g/mol. The minimum absolute atomic E-state index is 0.0110. The Morgan fingerprint density at radius 3 is 2.38 bits per heavy atom. The zero-order valence-corrected chi connectivity index (χ0v) is 32.1. The van der Waals surface area contributed by atoms with Crippen LogP contribution in [-0.2, 0) is 14.2 Å². The third-order valence-electron chi connectivity index (χ3n) is 12.6. The molecule has 4 bridgehead atoms. The quantitative estimate of drug-likeness (QED) is 0.111. The molecule has 300 valence electrons. The topological polar surface area (TPSA) is 129 Å². The van der Waals surface area contributed by atoms with Gasteiger partial charge in [-0.3, -0.25) is 9.48 Å². The number of amides is 1. The van der Waals surface area contributed by atoms with E-state index in [2.05, 4.69) is 37.6 Å². The van der Waals surface area contributed by atoms with Crippen LogP contribution in [0.1, 0.15) is 106 Å². The molecule has 3 aromatic rings. The van der Waals surface area contributed by atoms with Crippen LogP contribution < -0.4 is 10.6 Å². The van der Waals surface area contributed by atoms with Crippen LogP contribution in [0.4, 0.5) is 20.3 Å². The Morgan fingerprint density at radius 1 is 0.982 bits per heavy atom. The van der Waals surface area contributed by atoms with Crippen molar-refractivity contribution in [2.75, 3.05) is 70.3 Å². The molecule has 6 saturated carbocycles. The van der Waals surface area contributed by atoms with Crippen LogP contribution in [0.15, 0.2) is 35.2 Å². The molecule has 0 aliphatic heterocycles. The molecule has 3 heterocycles. The van der Waals surface area contributed by atoms with Gasteiger partial charge in [0.2, 0.25) is 5.89 Å². The van der Waals surface area contributed by atoms with Crippen LogP contribution in [0.5, 0.6) is 0 Å². The highest BCUT2D eigenvalue weighted by molar-refractivity contribution is 6.03. The van der Waals surface area contributed by atoms with Crippen molar-refractivity contribution in [3.8, 4) is 11.5 Å². The molecule has 3 aromatic heterocycles. The molecule has 14 heteroatoms. The lowest BCUT2D eigenvalue weighted by molar-refractivity contribution is -0.169. The van der Waals surface area contributed by atoms with Crippen molar-refractivity contribution in [1.29, 1.82) is 0 Å². The van der Waals surface area contributed by atoms with E-state index >= 15 is 0 Å². The summed E-state index contributed by atoms with van der Waals surface area (Å²) in [4.78, 5) is 24.1. The first-order valence-electron chi connectivity index (χ1n) is 20.6. The number of alkyl halides is 2. The minimum atomic E-state index is -2.84. The molecule has 0 radical (unpaired) electrons. The number of nitrogens with one attached hydrogen (secondary N) is 2. The predicted molar refractivity (Wildman–Crippen MR) is 203 cm³/mol. The molecule has 0 aromatic carbocycles. The second-order valence-corrected chi connectivity index (χ2v) is 17.1. The highest BCUT2D eigenvalue weighted by atomic mass is 19.3. The van der Waals surface area contributed by atoms with E-state index in [1.165, 1.54) is 63.8 Å². The van der Waals surface area contributed by atoms with E-state index in [0.717, 1.165) is 63.1 Å². The second-order valence-electron chi connectivity index (χ2n) is 17.1. The summed E-state index contributed by atoms with van der Waals surface area (Å²) < 4.78 is 53.5. The summed E-state index contributed by atoms with van der Waals surface area (Å²) >= 11 is 0.